The van der Waals surface area contributed by atoms with E-state index in [1.165, 1.54) is 5.56 Å². The van der Waals surface area contributed by atoms with Crippen LogP contribution in [0.2, 0.25) is 0 Å². The van der Waals surface area contributed by atoms with Crippen LogP contribution in [0.1, 0.15) is 10.4 Å². The van der Waals surface area contributed by atoms with E-state index in [0.717, 1.165) is 45.3 Å². The first kappa shape index (κ1) is 22.5. The van der Waals surface area contributed by atoms with Crippen molar-refractivity contribution in [3.63, 3.8) is 0 Å². The molecule has 1 aliphatic rings. The third-order valence-corrected chi connectivity index (χ3v) is 6.51. The molecule has 0 atom stereocenters. The lowest BCUT2D eigenvalue weighted by Crippen LogP contribution is -2.37. The van der Waals surface area contributed by atoms with Crippen LogP contribution in [0.5, 0.6) is 0 Å². The highest BCUT2D eigenvalue weighted by Gasteiger charge is 2.20. The molecule has 0 unspecified atom stereocenters. The van der Waals surface area contributed by atoms with Crippen molar-refractivity contribution in [2.75, 3.05) is 50.9 Å². The number of rotatable bonds is 6. The Morgan fingerprint density at radius 3 is 2.88 bits per heavy atom. The van der Waals surface area contributed by atoms with Gasteiger partial charge in [0.2, 0.25) is 0 Å². The van der Waals surface area contributed by atoms with Gasteiger partial charge in [-0.05, 0) is 25.1 Å². The van der Waals surface area contributed by atoms with Crippen molar-refractivity contribution in [2.45, 2.75) is 6.92 Å². The van der Waals surface area contributed by atoms with Crippen LogP contribution in [0, 0.1) is 18.8 Å². The van der Waals surface area contributed by atoms with Gasteiger partial charge in [0.05, 0.1) is 47.2 Å². The minimum Gasteiger partial charge on any atom is -0.395 e. The highest BCUT2D eigenvalue weighted by atomic mass is 32.1. The summed E-state index contributed by atoms with van der Waals surface area (Å²) in [5.74, 6) is 7.74. The molecule has 0 amide bonds. The number of aliphatic hydroxyl groups excluding tert-OH is 1. The number of thiophene rings is 1. The molecule has 2 N–H and O–H groups in total. The van der Waals surface area contributed by atoms with Crippen LogP contribution >= 0.6 is 11.3 Å². The van der Waals surface area contributed by atoms with Crippen LogP contribution in [0.3, 0.4) is 0 Å². The molecule has 174 valence electrons. The number of nitrogens with zero attached hydrogens (tertiary/aromatic N) is 5. The molecule has 1 aromatic carbocycles. The van der Waals surface area contributed by atoms with Gasteiger partial charge in [-0.25, -0.2) is 9.67 Å². The number of morpholine rings is 1. The lowest BCUT2D eigenvalue weighted by Gasteiger charge is -2.28. The van der Waals surface area contributed by atoms with Gasteiger partial charge in [0, 0.05) is 31.4 Å². The average molecular weight is 475 g/mol. The number of aromatic nitrogens is 4. The van der Waals surface area contributed by atoms with Gasteiger partial charge in [-0.3, -0.25) is 0 Å². The third kappa shape index (κ3) is 4.95. The van der Waals surface area contributed by atoms with E-state index in [-0.39, 0.29) is 6.61 Å². The lowest BCUT2D eigenvalue weighted by molar-refractivity contribution is 0.122. The molecule has 0 radical (unpaired) electrons. The van der Waals surface area contributed by atoms with E-state index in [1.807, 2.05) is 24.4 Å². The molecule has 5 rings (SSSR count). The van der Waals surface area contributed by atoms with Crippen molar-refractivity contribution in [1.29, 1.82) is 0 Å². The third-order valence-electron chi connectivity index (χ3n) is 5.47. The number of aryl methyl sites for hydroxylation is 1. The quantitative estimate of drug-likeness (QED) is 0.328. The predicted octanol–water partition coefficient (Wildman–Crippen LogP) is 2.62. The minimum atomic E-state index is 0.102. The summed E-state index contributed by atoms with van der Waals surface area (Å²) in [5, 5.41) is 16.7. The molecule has 4 aromatic rings. The average Bonchev–Trinajstić information content (AvgIpc) is 3.51. The summed E-state index contributed by atoms with van der Waals surface area (Å²) in [5.41, 5.74) is 4.00. The van der Waals surface area contributed by atoms with E-state index in [1.54, 1.807) is 16.0 Å². The lowest BCUT2D eigenvalue weighted by atomic mass is 10.1. The second-order valence-electron chi connectivity index (χ2n) is 7.99. The van der Waals surface area contributed by atoms with Crippen LogP contribution < -0.4 is 10.2 Å². The summed E-state index contributed by atoms with van der Waals surface area (Å²) in [6, 6.07) is 12.3. The van der Waals surface area contributed by atoms with Crippen LogP contribution in [0.4, 0.5) is 5.82 Å². The first-order valence-electron chi connectivity index (χ1n) is 11.3. The number of fused-ring (bicyclic) bond motifs is 1. The molecule has 9 heteroatoms. The summed E-state index contributed by atoms with van der Waals surface area (Å²) < 4.78 is 8.31. The first-order chi connectivity index (χ1) is 16.7. The van der Waals surface area contributed by atoms with E-state index in [4.69, 9.17) is 24.9 Å². The predicted molar refractivity (Wildman–Crippen MR) is 135 cm³/mol. The second-order valence-corrected chi connectivity index (χ2v) is 9.04. The summed E-state index contributed by atoms with van der Waals surface area (Å²) in [7, 11) is 0. The fourth-order valence-corrected chi connectivity index (χ4v) is 4.80. The van der Waals surface area contributed by atoms with E-state index in [2.05, 4.69) is 47.2 Å². The number of benzene rings is 1. The summed E-state index contributed by atoms with van der Waals surface area (Å²) in [4.78, 5) is 12.9. The van der Waals surface area contributed by atoms with Gasteiger partial charge in [0.25, 0.3) is 5.95 Å². The monoisotopic (exact) mass is 474 g/mol. The highest BCUT2D eigenvalue weighted by molar-refractivity contribution is 7.20. The van der Waals surface area contributed by atoms with Crippen LogP contribution in [0.15, 0.2) is 42.6 Å². The molecule has 34 heavy (non-hydrogen) atoms. The molecule has 8 nitrogen and oxygen atoms in total. The van der Waals surface area contributed by atoms with Gasteiger partial charge in [-0.2, -0.15) is 10.1 Å². The Morgan fingerprint density at radius 2 is 2.06 bits per heavy atom. The molecule has 0 aliphatic carbocycles. The summed E-state index contributed by atoms with van der Waals surface area (Å²) in [6.45, 7) is 6.15. The zero-order valence-corrected chi connectivity index (χ0v) is 19.8. The standard InChI is InChI=1S/C25H26N6O2S/c1-18-4-2-5-19(16-18)21-7-10-31(29-21)25-27-22-17-20(6-3-8-26-9-13-32)34-23(22)24(28-25)30-11-14-33-15-12-30/h2,4-5,7,10,16-17,26,32H,8-9,11-15H2,1H3. The number of anilines is 1. The Bertz CT molecular complexity index is 1350. The Morgan fingerprint density at radius 1 is 1.18 bits per heavy atom. The van der Waals surface area contributed by atoms with Gasteiger partial charge < -0.3 is 20.1 Å². The van der Waals surface area contributed by atoms with Gasteiger partial charge >= 0.3 is 0 Å². The fraction of sp³-hybridized carbons (Fsp3) is 0.320. The SMILES string of the molecule is Cc1cccc(-c2ccn(-c3nc(N4CCOCC4)c4sc(C#CCNCCO)cc4n3)n2)c1. The molecule has 4 heterocycles. The largest absolute Gasteiger partial charge is 0.395 e. The molecular weight excluding hydrogens is 448 g/mol. The second kappa shape index (κ2) is 10.3. The number of nitrogens with one attached hydrogen (secondary N) is 1. The van der Waals surface area contributed by atoms with Gasteiger partial charge in [-0.1, -0.05) is 35.6 Å². The van der Waals surface area contributed by atoms with E-state index >= 15 is 0 Å². The van der Waals surface area contributed by atoms with E-state index < -0.39 is 0 Å². The highest BCUT2D eigenvalue weighted by Crippen LogP contribution is 2.33. The molecule has 0 bridgehead atoms. The van der Waals surface area contributed by atoms with Crippen molar-refractivity contribution in [3.05, 3.63) is 53.0 Å². The van der Waals surface area contributed by atoms with Gasteiger partial charge in [0.15, 0.2) is 5.82 Å². The Labute approximate surface area is 202 Å². The molecule has 1 saturated heterocycles. The fourth-order valence-electron chi connectivity index (χ4n) is 3.81. The van der Waals surface area contributed by atoms with Crippen molar-refractivity contribution < 1.29 is 9.84 Å². The normalized spacial score (nSPS) is 13.8. The number of hydrogen-bond acceptors (Lipinski definition) is 8. The van der Waals surface area contributed by atoms with Crippen molar-refractivity contribution in [2.24, 2.45) is 0 Å². The van der Waals surface area contributed by atoms with E-state index in [0.29, 0.717) is 32.3 Å². The van der Waals surface area contributed by atoms with E-state index in [9.17, 15) is 0 Å². The number of hydrogen-bond donors (Lipinski definition) is 2. The van der Waals surface area contributed by atoms with Crippen molar-refractivity contribution >= 4 is 27.4 Å². The van der Waals surface area contributed by atoms with Crippen molar-refractivity contribution in [3.8, 4) is 29.0 Å². The van der Waals surface area contributed by atoms with Crippen LogP contribution in [-0.2, 0) is 4.74 Å². The maximum atomic E-state index is 8.89. The molecule has 0 spiro atoms. The zero-order chi connectivity index (χ0) is 23.3. The molecular formula is C25H26N6O2S. The van der Waals surface area contributed by atoms with Crippen molar-refractivity contribution in [1.82, 2.24) is 25.1 Å². The smallest absolute Gasteiger partial charge is 0.253 e. The Kier molecular flexibility index (Phi) is 6.83. The van der Waals surface area contributed by atoms with Crippen LogP contribution in [-0.4, -0.2) is 70.9 Å². The zero-order valence-electron chi connectivity index (χ0n) is 19.0. The maximum absolute atomic E-state index is 8.89. The molecule has 3 aromatic heterocycles. The number of aliphatic hydroxyl groups is 1. The topological polar surface area (TPSA) is 88.3 Å². The summed E-state index contributed by atoms with van der Waals surface area (Å²) >= 11 is 1.60. The molecule has 0 saturated carbocycles. The minimum absolute atomic E-state index is 0.102. The van der Waals surface area contributed by atoms with Crippen LogP contribution in [0.25, 0.3) is 27.4 Å². The summed E-state index contributed by atoms with van der Waals surface area (Å²) in [6.07, 6.45) is 1.90. The van der Waals surface area contributed by atoms with Gasteiger partial charge in [-0.15, -0.1) is 11.3 Å². The van der Waals surface area contributed by atoms with Gasteiger partial charge in [0.1, 0.15) is 0 Å². The Balaban J connectivity index is 1.52. The number of ether oxygens (including phenoxy) is 1. The molecule has 1 fully saturated rings. The first-order valence-corrected chi connectivity index (χ1v) is 12.1. The maximum Gasteiger partial charge on any atom is 0.253 e. The molecule has 1 aliphatic heterocycles. The Hall–Kier alpha value is -3.29.